The molecule has 0 bridgehead atoms. The zero-order chi connectivity index (χ0) is 26.8. The number of benzene rings is 3. The number of thiazole rings is 1. The van der Waals surface area contributed by atoms with E-state index < -0.39 is 0 Å². The van der Waals surface area contributed by atoms with Crippen LogP contribution in [-0.4, -0.2) is 28.2 Å². The zero-order valence-corrected chi connectivity index (χ0v) is 23.4. The van der Waals surface area contributed by atoms with Crippen molar-refractivity contribution in [3.05, 3.63) is 87.0 Å². The minimum absolute atomic E-state index is 0.106. The maximum Gasteiger partial charge on any atom is 0.227 e. The number of carbonyl (C=O) groups is 1. The van der Waals surface area contributed by atoms with Crippen LogP contribution in [0.4, 0.5) is 0 Å². The molecule has 0 spiro atoms. The molecule has 0 amide bonds. The molecule has 0 saturated carbocycles. The highest BCUT2D eigenvalue weighted by Gasteiger charge is 2.32. The van der Waals surface area contributed by atoms with Gasteiger partial charge < -0.3 is 9.32 Å². The summed E-state index contributed by atoms with van der Waals surface area (Å²) < 4.78 is 6.08. The molecule has 0 unspecified atom stereocenters. The van der Waals surface area contributed by atoms with Crippen LogP contribution >= 0.6 is 22.9 Å². The number of oxazole rings is 1. The first-order valence-electron chi connectivity index (χ1n) is 12.4. The van der Waals surface area contributed by atoms with Gasteiger partial charge in [0.15, 0.2) is 5.58 Å². The van der Waals surface area contributed by atoms with Crippen molar-refractivity contribution in [3.63, 3.8) is 0 Å². The Morgan fingerprint density at radius 1 is 0.974 bits per heavy atom. The van der Waals surface area contributed by atoms with Crippen LogP contribution in [0.1, 0.15) is 45.9 Å². The monoisotopic (exact) mass is 539 g/mol. The number of hydrogen-bond acceptors (Lipinski definition) is 6. The number of hydrogen-bond donors (Lipinski definition) is 0. The molecule has 5 aromatic rings. The zero-order valence-electron chi connectivity index (χ0n) is 21.8. The second-order valence-corrected chi connectivity index (χ2v) is 11.6. The maximum atomic E-state index is 11.3. The van der Waals surface area contributed by atoms with Gasteiger partial charge in [-0.25, -0.2) is 9.97 Å². The molecule has 1 aliphatic rings. The molecule has 0 saturated heterocycles. The average Bonchev–Trinajstić information content (AvgIpc) is 3.53. The SMILES string of the molecule is Cc1c(-c2nc3cc(C=O)cc(Cl)c3o2)cccc1-c1cccc(-c2nc3c(s2)C(C)(C)N(C)C=C3)c1C. The molecule has 190 valence electrons. The third kappa shape index (κ3) is 3.79. The molecule has 38 heavy (non-hydrogen) atoms. The molecule has 6 rings (SSSR count). The molecule has 3 heterocycles. The van der Waals surface area contributed by atoms with Gasteiger partial charge in [-0.1, -0.05) is 41.9 Å². The van der Waals surface area contributed by atoms with E-state index in [1.807, 2.05) is 12.1 Å². The fraction of sp³-hybridized carbons (Fsp3) is 0.194. The molecular weight excluding hydrogens is 514 g/mol. The van der Waals surface area contributed by atoms with Crippen molar-refractivity contribution < 1.29 is 9.21 Å². The third-order valence-corrected chi connectivity index (χ3v) is 9.27. The summed E-state index contributed by atoms with van der Waals surface area (Å²) in [5.74, 6) is 0.476. The normalized spacial score (nSPS) is 14.2. The van der Waals surface area contributed by atoms with Gasteiger partial charge in [-0.15, -0.1) is 11.3 Å². The van der Waals surface area contributed by atoms with Crippen molar-refractivity contribution in [3.8, 4) is 33.2 Å². The Labute approximate surface area is 230 Å². The molecule has 3 aromatic carbocycles. The molecule has 1 aliphatic heterocycles. The highest BCUT2D eigenvalue weighted by Crippen LogP contribution is 2.43. The standard InChI is InChI=1S/C31H26ClN3O2S/c1-17-20(8-6-10-22(17)29-33-26-15-19(16-36)14-24(32)27(26)37-29)21-9-7-11-23(18(21)2)30-34-25-12-13-35(5)31(3,4)28(25)38-30/h6-16H,1-5H3. The molecule has 2 aromatic heterocycles. The van der Waals surface area contributed by atoms with Crippen LogP contribution in [0, 0.1) is 13.8 Å². The first kappa shape index (κ1) is 24.6. The van der Waals surface area contributed by atoms with E-state index in [2.05, 4.69) is 81.2 Å². The fourth-order valence-corrected chi connectivity index (χ4v) is 6.58. The molecule has 5 nitrogen and oxygen atoms in total. The van der Waals surface area contributed by atoms with Crippen molar-refractivity contribution in [2.75, 3.05) is 7.05 Å². The van der Waals surface area contributed by atoms with Gasteiger partial charge in [-0.05, 0) is 74.2 Å². The lowest BCUT2D eigenvalue weighted by Gasteiger charge is -2.36. The Kier molecular flexibility index (Phi) is 5.78. The van der Waals surface area contributed by atoms with E-state index in [0.29, 0.717) is 27.6 Å². The Morgan fingerprint density at radius 3 is 2.34 bits per heavy atom. The van der Waals surface area contributed by atoms with Crippen LogP contribution in [0.5, 0.6) is 0 Å². The smallest absolute Gasteiger partial charge is 0.227 e. The number of nitrogens with zero attached hydrogens (tertiary/aromatic N) is 3. The summed E-state index contributed by atoms with van der Waals surface area (Å²) in [6.45, 7) is 8.70. The minimum Gasteiger partial charge on any atom is -0.434 e. The van der Waals surface area contributed by atoms with Crippen LogP contribution in [0.15, 0.2) is 59.1 Å². The van der Waals surface area contributed by atoms with Crippen molar-refractivity contribution in [1.82, 2.24) is 14.9 Å². The number of carbonyl (C=O) groups excluding carboxylic acids is 1. The van der Waals surface area contributed by atoms with Crippen LogP contribution in [0.3, 0.4) is 0 Å². The first-order valence-corrected chi connectivity index (χ1v) is 13.6. The van der Waals surface area contributed by atoms with Crippen molar-refractivity contribution in [2.45, 2.75) is 33.2 Å². The van der Waals surface area contributed by atoms with Crippen LogP contribution in [0.2, 0.25) is 5.02 Å². The number of aromatic nitrogens is 2. The highest BCUT2D eigenvalue weighted by atomic mass is 35.5. The Hall–Kier alpha value is -3.74. The van der Waals surface area contributed by atoms with Gasteiger partial charge in [-0.3, -0.25) is 4.79 Å². The van der Waals surface area contributed by atoms with Crippen molar-refractivity contribution >= 4 is 46.4 Å². The van der Waals surface area contributed by atoms with Gasteiger partial charge >= 0.3 is 0 Å². The first-order chi connectivity index (χ1) is 18.2. The predicted octanol–water partition coefficient (Wildman–Crippen LogP) is 8.52. The summed E-state index contributed by atoms with van der Waals surface area (Å²) in [4.78, 5) is 24.5. The van der Waals surface area contributed by atoms with Crippen molar-refractivity contribution in [2.24, 2.45) is 0 Å². The van der Waals surface area contributed by atoms with E-state index >= 15 is 0 Å². The molecular formula is C31H26ClN3O2S. The van der Waals surface area contributed by atoms with Gasteiger partial charge in [0, 0.05) is 29.9 Å². The van der Waals surface area contributed by atoms with E-state index in [1.165, 1.54) is 10.4 Å². The van der Waals surface area contributed by atoms with E-state index in [1.54, 1.807) is 23.5 Å². The fourth-order valence-electron chi connectivity index (χ4n) is 5.04. The number of halogens is 1. The lowest BCUT2D eigenvalue weighted by atomic mass is 9.91. The van der Waals surface area contributed by atoms with Gasteiger partial charge in [0.1, 0.15) is 16.8 Å². The second kappa shape index (κ2) is 8.93. The lowest BCUT2D eigenvalue weighted by molar-refractivity contribution is 0.112. The summed E-state index contributed by atoms with van der Waals surface area (Å²) in [6, 6.07) is 15.8. The Morgan fingerprint density at radius 2 is 1.63 bits per heavy atom. The summed E-state index contributed by atoms with van der Waals surface area (Å²) in [5, 5.41) is 1.40. The molecule has 0 radical (unpaired) electrons. The van der Waals surface area contributed by atoms with Crippen molar-refractivity contribution in [1.29, 1.82) is 0 Å². The van der Waals surface area contributed by atoms with E-state index in [9.17, 15) is 4.79 Å². The molecule has 0 atom stereocenters. The highest BCUT2D eigenvalue weighted by molar-refractivity contribution is 7.15. The molecule has 0 fully saturated rings. The van der Waals surface area contributed by atoms with Gasteiger partial charge in [-0.2, -0.15) is 0 Å². The molecule has 7 heteroatoms. The van der Waals surface area contributed by atoms with E-state index in [0.717, 1.165) is 44.8 Å². The minimum atomic E-state index is -0.106. The summed E-state index contributed by atoms with van der Waals surface area (Å²) >= 11 is 8.13. The maximum absolute atomic E-state index is 11.3. The largest absolute Gasteiger partial charge is 0.434 e. The summed E-state index contributed by atoms with van der Waals surface area (Å²) in [5.41, 5.74) is 8.92. The van der Waals surface area contributed by atoms with Crippen LogP contribution in [0.25, 0.3) is 50.3 Å². The summed E-state index contributed by atoms with van der Waals surface area (Å²) in [7, 11) is 2.10. The number of aldehydes is 1. The topological polar surface area (TPSA) is 59.2 Å². The van der Waals surface area contributed by atoms with Crippen LogP contribution in [-0.2, 0) is 5.54 Å². The van der Waals surface area contributed by atoms with E-state index in [4.69, 9.17) is 21.0 Å². The lowest BCUT2D eigenvalue weighted by Crippen LogP contribution is -2.36. The number of fused-ring (bicyclic) bond motifs is 2. The molecule has 0 aliphatic carbocycles. The predicted molar refractivity (Wildman–Crippen MR) is 156 cm³/mol. The van der Waals surface area contributed by atoms with Crippen LogP contribution < -0.4 is 0 Å². The van der Waals surface area contributed by atoms with E-state index in [-0.39, 0.29) is 5.54 Å². The average molecular weight is 540 g/mol. The summed E-state index contributed by atoms with van der Waals surface area (Å²) in [6.07, 6.45) is 4.96. The molecule has 0 N–H and O–H groups in total. The van der Waals surface area contributed by atoms with Gasteiger partial charge in [0.05, 0.1) is 21.1 Å². The van der Waals surface area contributed by atoms with Gasteiger partial charge in [0.25, 0.3) is 0 Å². The Bertz CT molecular complexity index is 1780. The Balaban J connectivity index is 1.45. The number of rotatable bonds is 4. The van der Waals surface area contributed by atoms with Gasteiger partial charge in [0.2, 0.25) is 5.89 Å². The quantitative estimate of drug-likeness (QED) is 0.214. The third-order valence-electron chi connectivity index (χ3n) is 7.57. The second-order valence-electron chi connectivity index (χ2n) is 10.2.